The van der Waals surface area contributed by atoms with Crippen molar-refractivity contribution in [3.63, 3.8) is 0 Å². The van der Waals surface area contributed by atoms with Crippen molar-refractivity contribution in [2.24, 2.45) is 5.92 Å². The van der Waals surface area contributed by atoms with Gasteiger partial charge < -0.3 is 9.80 Å². The molecule has 142 valence electrons. The SMILES string of the molecule is Cc1cc(C(=O)CCC(=O)N2CCN(C(=O)C3CCCC3)CC2)c(C)s1. The zero-order chi connectivity index (χ0) is 18.7. The molecule has 1 saturated carbocycles. The molecule has 1 aromatic heterocycles. The quantitative estimate of drug-likeness (QED) is 0.742. The fourth-order valence-corrected chi connectivity index (χ4v) is 4.97. The molecule has 0 atom stereocenters. The van der Waals surface area contributed by atoms with E-state index in [2.05, 4.69) is 0 Å². The summed E-state index contributed by atoms with van der Waals surface area (Å²) >= 11 is 1.62. The van der Waals surface area contributed by atoms with Crippen LogP contribution in [0.25, 0.3) is 0 Å². The molecule has 26 heavy (non-hydrogen) atoms. The summed E-state index contributed by atoms with van der Waals surface area (Å²) in [5.74, 6) is 0.548. The van der Waals surface area contributed by atoms with Crippen molar-refractivity contribution in [1.29, 1.82) is 0 Å². The Hall–Kier alpha value is -1.69. The number of aryl methyl sites for hydroxylation is 2. The lowest BCUT2D eigenvalue weighted by Gasteiger charge is -2.36. The molecule has 0 unspecified atom stereocenters. The van der Waals surface area contributed by atoms with Gasteiger partial charge in [0, 0.05) is 60.3 Å². The lowest BCUT2D eigenvalue weighted by Crippen LogP contribution is -2.51. The Morgan fingerprint density at radius 1 is 1.00 bits per heavy atom. The predicted molar refractivity (Wildman–Crippen MR) is 102 cm³/mol. The number of rotatable bonds is 5. The van der Waals surface area contributed by atoms with Crippen LogP contribution in [0.3, 0.4) is 0 Å². The Balaban J connectivity index is 1.44. The number of amides is 2. The second-order valence-electron chi connectivity index (χ2n) is 7.44. The normalized spacial score (nSPS) is 18.4. The lowest BCUT2D eigenvalue weighted by molar-refractivity contribution is -0.142. The third kappa shape index (κ3) is 4.34. The van der Waals surface area contributed by atoms with E-state index in [0.29, 0.717) is 26.2 Å². The summed E-state index contributed by atoms with van der Waals surface area (Å²) in [6, 6.07) is 1.92. The van der Waals surface area contributed by atoms with Gasteiger partial charge in [-0.25, -0.2) is 0 Å². The summed E-state index contributed by atoms with van der Waals surface area (Å²) in [7, 11) is 0. The third-order valence-corrected chi connectivity index (χ3v) is 6.52. The van der Waals surface area contributed by atoms with Crippen LogP contribution in [-0.4, -0.2) is 53.6 Å². The van der Waals surface area contributed by atoms with E-state index in [1.807, 2.05) is 24.8 Å². The summed E-state index contributed by atoms with van der Waals surface area (Å²) in [5.41, 5.74) is 0.757. The maximum absolute atomic E-state index is 12.5. The van der Waals surface area contributed by atoms with Gasteiger partial charge in [-0.1, -0.05) is 12.8 Å². The van der Waals surface area contributed by atoms with Gasteiger partial charge in [-0.2, -0.15) is 0 Å². The number of carbonyl (C=O) groups excluding carboxylic acids is 3. The highest BCUT2D eigenvalue weighted by atomic mass is 32.1. The van der Waals surface area contributed by atoms with Gasteiger partial charge in [0.1, 0.15) is 0 Å². The van der Waals surface area contributed by atoms with Gasteiger partial charge in [-0.05, 0) is 32.8 Å². The molecule has 2 aliphatic rings. The molecule has 0 radical (unpaired) electrons. The minimum absolute atomic E-state index is 0.0240. The van der Waals surface area contributed by atoms with Crippen molar-refractivity contribution in [3.8, 4) is 0 Å². The molecule has 0 aromatic carbocycles. The molecule has 3 rings (SSSR count). The van der Waals surface area contributed by atoms with E-state index in [0.717, 1.165) is 41.0 Å². The summed E-state index contributed by atoms with van der Waals surface area (Å²) in [6.45, 7) is 6.36. The first-order valence-electron chi connectivity index (χ1n) is 9.62. The fourth-order valence-electron chi connectivity index (χ4n) is 4.03. The van der Waals surface area contributed by atoms with Crippen LogP contribution in [0.2, 0.25) is 0 Å². The monoisotopic (exact) mass is 376 g/mol. The minimum atomic E-state index is 0.0240. The second-order valence-corrected chi connectivity index (χ2v) is 8.90. The maximum Gasteiger partial charge on any atom is 0.225 e. The van der Waals surface area contributed by atoms with Crippen molar-refractivity contribution in [2.75, 3.05) is 26.2 Å². The number of thiophene rings is 1. The van der Waals surface area contributed by atoms with Crippen molar-refractivity contribution in [1.82, 2.24) is 9.80 Å². The number of piperazine rings is 1. The molecule has 1 saturated heterocycles. The number of hydrogen-bond donors (Lipinski definition) is 0. The van der Waals surface area contributed by atoms with Crippen LogP contribution in [0.5, 0.6) is 0 Å². The molecule has 6 heteroatoms. The second kappa shape index (κ2) is 8.33. The summed E-state index contributed by atoms with van der Waals surface area (Å²) in [6.07, 6.45) is 4.86. The van der Waals surface area contributed by atoms with E-state index in [1.165, 1.54) is 0 Å². The van der Waals surface area contributed by atoms with E-state index in [9.17, 15) is 14.4 Å². The van der Waals surface area contributed by atoms with Crippen LogP contribution in [0.4, 0.5) is 0 Å². The molecule has 0 spiro atoms. The molecule has 2 fully saturated rings. The Morgan fingerprint density at radius 3 is 2.19 bits per heavy atom. The first-order chi connectivity index (χ1) is 12.5. The first-order valence-corrected chi connectivity index (χ1v) is 10.4. The molecule has 1 aliphatic carbocycles. The Bertz CT molecular complexity index is 683. The standard InChI is InChI=1S/C20H28N2O3S/c1-14-13-17(15(2)26-14)18(23)7-8-19(24)21-9-11-22(12-10-21)20(25)16-5-3-4-6-16/h13,16H,3-12H2,1-2H3. The highest BCUT2D eigenvalue weighted by Gasteiger charge is 2.30. The molecule has 5 nitrogen and oxygen atoms in total. The number of carbonyl (C=O) groups is 3. The Kier molecular flexibility index (Phi) is 6.12. The molecule has 0 bridgehead atoms. The predicted octanol–water partition coefficient (Wildman–Crippen LogP) is 3.19. The average molecular weight is 377 g/mol. The van der Waals surface area contributed by atoms with Crippen molar-refractivity contribution in [2.45, 2.75) is 52.4 Å². The summed E-state index contributed by atoms with van der Waals surface area (Å²) < 4.78 is 0. The molecular formula is C20H28N2O3S. The zero-order valence-electron chi connectivity index (χ0n) is 15.8. The fraction of sp³-hybridized carbons (Fsp3) is 0.650. The molecular weight excluding hydrogens is 348 g/mol. The van der Waals surface area contributed by atoms with Gasteiger partial charge in [0.25, 0.3) is 0 Å². The lowest BCUT2D eigenvalue weighted by atomic mass is 10.1. The number of Topliss-reactive ketones (excluding diaryl/α,β-unsaturated/α-hetero) is 1. The van der Waals surface area contributed by atoms with Gasteiger partial charge >= 0.3 is 0 Å². The van der Waals surface area contributed by atoms with E-state index >= 15 is 0 Å². The number of ketones is 1. The van der Waals surface area contributed by atoms with Crippen LogP contribution in [0.1, 0.15) is 58.6 Å². The smallest absolute Gasteiger partial charge is 0.225 e. The molecule has 0 N–H and O–H groups in total. The Morgan fingerprint density at radius 2 is 1.62 bits per heavy atom. The zero-order valence-corrected chi connectivity index (χ0v) is 16.6. The summed E-state index contributed by atoms with van der Waals surface area (Å²) in [5, 5.41) is 0. The first kappa shape index (κ1) is 19.1. The van der Waals surface area contributed by atoms with Gasteiger partial charge in [-0.3, -0.25) is 14.4 Å². The van der Waals surface area contributed by atoms with Gasteiger partial charge in [0.2, 0.25) is 11.8 Å². The molecule has 2 heterocycles. The van der Waals surface area contributed by atoms with E-state index < -0.39 is 0 Å². The Labute approximate surface area is 159 Å². The van der Waals surface area contributed by atoms with Gasteiger partial charge in [0.15, 0.2) is 5.78 Å². The highest BCUT2D eigenvalue weighted by Crippen LogP contribution is 2.27. The molecule has 2 amide bonds. The van der Waals surface area contributed by atoms with Gasteiger partial charge in [0.05, 0.1) is 0 Å². The van der Waals surface area contributed by atoms with E-state index in [4.69, 9.17) is 0 Å². The number of hydrogen-bond acceptors (Lipinski definition) is 4. The van der Waals surface area contributed by atoms with Crippen molar-refractivity contribution < 1.29 is 14.4 Å². The van der Waals surface area contributed by atoms with Crippen LogP contribution in [-0.2, 0) is 9.59 Å². The van der Waals surface area contributed by atoms with Gasteiger partial charge in [-0.15, -0.1) is 11.3 Å². The largest absolute Gasteiger partial charge is 0.339 e. The average Bonchev–Trinajstić information content (AvgIpc) is 3.28. The maximum atomic E-state index is 12.5. The molecule has 1 aromatic rings. The van der Waals surface area contributed by atoms with E-state index in [1.54, 1.807) is 16.2 Å². The van der Waals surface area contributed by atoms with E-state index in [-0.39, 0.29) is 36.4 Å². The van der Waals surface area contributed by atoms with Crippen LogP contribution >= 0.6 is 11.3 Å². The topological polar surface area (TPSA) is 57.7 Å². The van der Waals surface area contributed by atoms with Crippen molar-refractivity contribution >= 4 is 28.9 Å². The third-order valence-electron chi connectivity index (χ3n) is 5.56. The van der Waals surface area contributed by atoms with Crippen LogP contribution in [0, 0.1) is 19.8 Å². The van der Waals surface area contributed by atoms with Crippen LogP contribution < -0.4 is 0 Å². The van der Waals surface area contributed by atoms with Crippen molar-refractivity contribution in [3.05, 3.63) is 21.4 Å². The molecule has 1 aliphatic heterocycles. The van der Waals surface area contributed by atoms with Crippen LogP contribution in [0.15, 0.2) is 6.07 Å². The summed E-state index contributed by atoms with van der Waals surface area (Å²) in [4.78, 5) is 43.1. The number of nitrogens with zero attached hydrogens (tertiary/aromatic N) is 2. The highest BCUT2D eigenvalue weighted by molar-refractivity contribution is 7.12. The minimum Gasteiger partial charge on any atom is -0.339 e.